The van der Waals surface area contributed by atoms with Crippen molar-refractivity contribution in [2.75, 3.05) is 12.3 Å². The quantitative estimate of drug-likeness (QED) is 0.145. The molecule has 0 saturated carbocycles. The number of aliphatic carboxylic acids is 3. The lowest BCUT2D eigenvalue weighted by Crippen LogP contribution is -2.49. The number of hydrogen-bond acceptors (Lipinski definition) is 8. The minimum Gasteiger partial charge on any atom is -0.480 e. The van der Waals surface area contributed by atoms with Crippen molar-refractivity contribution in [3.63, 3.8) is 0 Å². The van der Waals surface area contributed by atoms with E-state index in [1.807, 2.05) is 0 Å². The van der Waals surface area contributed by atoms with Gasteiger partial charge in [0, 0.05) is 18.6 Å². The van der Waals surface area contributed by atoms with E-state index in [9.17, 15) is 28.8 Å². The van der Waals surface area contributed by atoms with Crippen LogP contribution in [0.2, 0.25) is 0 Å². The normalized spacial score (nSPS) is 11.8. The Morgan fingerprint density at radius 2 is 1.63 bits per heavy atom. The van der Waals surface area contributed by atoms with E-state index in [4.69, 9.17) is 21.1 Å². The molecule has 0 saturated heterocycles. The molecule has 13 heteroatoms. The minimum absolute atomic E-state index is 0.0256. The van der Waals surface area contributed by atoms with E-state index in [-0.39, 0.29) is 25.0 Å². The number of hydrogen-bond donors (Lipinski definition) is 7. The average molecular weight is 409 g/mol. The monoisotopic (exact) mass is 409 g/mol. The first kappa shape index (κ1) is 26.6. The summed E-state index contributed by atoms with van der Waals surface area (Å²) in [6, 6.07) is -2.15. The lowest BCUT2D eigenvalue weighted by Gasteiger charge is -2.16. The molecule has 0 spiro atoms. The van der Waals surface area contributed by atoms with Crippen molar-refractivity contribution in [1.82, 2.24) is 10.6 Å². The third-order valence-corrected chi connectivity index (χ3v) is 3.17. The number of rotatable bonds is 11. The SMILES string of the molecule is CCC(=O)C(=O)O.N[C@@H](CCC(=O)N[C@@H](CS)C(=O)NCC(=O)O)C(=O)O. The summed E-state index contributed by atoms with van der Waals surface area (Å²) in [4.78, 5) is 63.2. The molecule has 0 aromatic heterocycles. The van der Waals surface area contributed by atoms with Crippen LogP contribution in [0.5, 0.6) is 0 Å². The standard InChI is InChI=1S/C10H17N3O6S.C4H6O3/c11-5(10(18)19)1-2-7(14)13-6(4-20)9(17)12-3-8(15)16;1-2-3(5)4(6)7/h5-6,20H,1-4,11H2,(H,12,17)(H,13,14)(H,15,16)(H,18,19);2H2,1H3,(H,6,7)/t5-,6-;/m0./s1. The summed E-state index contributed by atoms with van der Waals surface area (Å²) in [5.74, 6) is -5.79. The van der Waals surface area contributed by atoms with E-state index >= 15 is 0 Å². The number of carbonyl (C=O) groups excluding carboxylic acids is 3. The second kappa shape index (κ2) is 14.5. The molecule has 154 valence electrons. The molecule has 12 nitrogen and oxygen atoms in total. The Morgan fingerprint density at radius 3 is 1.96 bits per heavy atom. The summed E-state index contributed by atoms with van der Waals surface area (Å²) in [6.45, 7) is 0.944. The van der Waals surface area contributed by atoms with Gasteiger partial charge >= 0.3 is 17.9 Å². The third kappa shape index (κ3) is 14.2. The lowest BCUT2D eigenvalue weighted by atomic mass is 10.1. The maximum Gasteiger partial charge on any atom is 0.372 e. The molecule has 0 fully saturated rings. The van der Waals surface area contributed by atoms with E-state index in [1.54, 1.807) is 0 Å². The predicted octanol–water partition coefficient (Wildman–Crippen LogP) is -2.16. The van der Waals surface area contributed by atoms with Gasteiger partial charge in [0.25, 0.3) is 0 Å². The third-order valence-electron chi connectivity index (χ3n) is 2.81. The highest BCUT2D eigenvalue weighted by Crippen LogP contribution is 1.97. The maximum absolute atomic E-state index is 11.5. The predicted molar refractivity (Wildman–Crippen MR) is 94.2 cm³/mol. The average Bonchev–Trinajstić information content (AvgIpc) is 2.61. The number of ketones is 1. The van der Waals surface area contributed by atoms with Crippen LogP contribution in [-0.4, -0.2) is 75.2 Å². The first-order valence-corrected chi connectivity index (χ1v) is 8.23. The number of thiol groups is 1. The first-order valence-electron chi connectivity index (χ1n) is 7.60. The second-order valence-corrected chi connectivity index (χ2v) is 5.34. The van der Waals surface area contributed by atoms with Crippen LogP contribution >= 0.6 is 12.6 Å². The van der Waals surface area contributed by atoms with Crippen molar-refractivity contribution >= 4 is 48.1 Å². The molecule has 0 rings (SSSR count). The fraction of sp³-hybridized carbons (Fsp3) is 0.571. The zero-order valence-electron chi connectivity index (χ0n) is 14.5. The topological polar surface area (TPSA) is 213 Å². The Morgan fingerprint density at radius 1 is 1.07 bits per heavy atom. The zero-order chi connectivity index (χ0) is 21.6. The number of Topliss-reactive ketones (excluding diaryl/α,β-unsaturated/α-hetero) is 1. The van der Waals surface area contributed by atoms with Gasteiger partial charge in [-0.1, -0.05) is 6.92 Å². The summed E-state index contributed by atoms with van der Waals surface area (Å²) < 4.78 is 0. The van der Waals surface area contributed by atoms with Crippen molar-refractivity contribution < 1.29 is 44.1 Å². The van der Waals surface area contributed by atoms with Crippen molar-refractivity contribution in [2.45, 2.75) is 38.3 Å². The van der Waals surface area contributed by atoms with E-state index in [0.29, 0.717) is 0 Å². The van der Waals surface area contributed by atoms with Crippen LogP contribution in [0.3, 0.4) is 0 Å². The van der Waals surface area contributed by atoms with Crippen molar-refractivity contribution in [1.29, 1.82) is 0 Å². The summed E-state index contributed by atoms with van der Waals surface area (Å²) in [5, 5.41) is 29.2. The summed E-state index contributed by atoms with van der Waals surface area (Å²) in [7, 11) is 0. The van der Waals surface area contributed by atoms with Gasteiger partial charge in [-0.15, -0.1) is 0 Å². The van der Waals surface area contributed by atoms with Gasteiger partial charge in [-0.3, -0.25) is 24.0 Å². The van der Waals surface area contributed by atoms with Crippen LogP contribution in [0.15, 0.2) is 0 Å². The summed E-state index contributed by atoms with van der Waals surface area (Å²) in [6.07, 6.45) is -0.156. The molecule has 0 aliphatic heterocycles. The molecule has 2 amide bonds. The molecule has 2 atom stereocenters. The fourth-order valence-corrected chi connectivity index (χ4v) is 1.56. The highest BCUT2D eigenvalue weighted by molar-refractivity contribution is 7.80. The molecule has 0 aliphatic rings. The smallest absolute Gasteiger partial charge is 0.372 e. The van der Waals surface area contributed by atoms with Gasteiger partial charge in [0.15, 0.2) is 0 Å². The maximum atomic E-state index is 11.5. The Labute approximate surface area is 159 Å². The van der Waals surface area contributed by atoms with Gasteiger partial charge in [0.05, 0.1) is 0 Å². The van der Waals surface area contributed by atoms with Gasteiger partial charge in [0.2, 0.25) is 17.6 Å². The summed E-state index contributed by atoms with van der Waals surface area (Å²) in [5.41, 5.74) is 5.23. The van der Waals surface area contributed by atoms with Gasteiger partial charge < -0.3 is 31.7 Å². The molecular formula is C14H23N3O9S. The van der Waals surface area contributed by atoms with E-state index in [1.165, 1.54) is 6.92 Å². The van der Waals surface area contributed by atoms with Crippen LogP contribution in [0.4, 0.5) is 0 Å². The number of carboxylic acids is 3. The van der Waals surface area contributed by atoms with Gasteiger partial charge in [-0.05, 0) is 6.42 Å². The number of carboxylic acid groups (broad SMARTS) is 3. The van der Waals surface area contributed by atoms with Crippen molar-refractivity contribution in [3.05, 3.63) is 0 Å². The molecule has 0 radical (unpaired) electrons. The molecule has 0 aromatic carbocycles. The van der Waals surface area contributed by atoms with E-state index in [2.05, 4.69) is 23.3 Å². The second-order valence-electron chi connectivity index (χ2n) is 4.98. The summed E-state index contributed by atoms with van der Waals surface area (Å²) >= 11 is 3.87. The molecule has 27 heavy (non-hydrogen) atoms. The molecule has 0 bridgehead atoms. The Kier molecular flexibility index (Phi) is 14.3. The zero-order valence-corrected chi connectivity index (χ0v) is 15.4. The molecule has 0 aliphatic carbocycles. The molecular weight excluding hydrogens is 386 g/mol. The molecule has 0 aromatic rings. The van der Waals surface area contributed by atoms with E-state index in [0.717, 1.165) is 0 Å². The highest BCUT2D eigenvalue weighted by atomic mass is 32.1. The van der Waals surface area contributed by atoms with Crippen LogP contribution in [-0.2, 0) is 28.8 Å². The lowest BCUT2D eigenvalue weighted by molar-refractivity contribution is -0.148. The van der Waals surface area contributed by atoms with Gasteiger partial charge in [-0.25, -0.2) is 4.79 Å². The van der Waals surface area contributed by atoms with Gasteiger partial charge in [0.1, 0.15) is 18.6 Å². The highest BCUT2D eigenvalue weighted by Gasteiger charge is 2.20. The largest absolute Gasteiger partial charge is 0.480 e. The Bertz CT molecular complexity index is 568. The number of amides is 2. The number of nitrogens with two attached hydrogens (primary N) is 1. The minimum atomic E-state index is -1.34. The van der Waals surface area contributed by atoms with Gasteiger partial charge in [-0.2, -0.15) is 12.6 Å². The Hall–Kier alpha value is -2.67. The Balaban J connectivity index is 0. The molecule has 7 N–H and O–H groups in total. The van der Waals surface area contributed by atoms with Crippen LogP contribution in [0.25, 0.3) is 0 Å². The molecule has 0 unspecified atom stereocenters. The first-order chi connectivity index (χ1) is 12.5. The van der Waals surface area contributed by atoms with Crippen molar-refractivity contribution in [2.24, 2.45) is 5.73 Å². The van der Waals surface area contributed by atoms with Crippen molar-refractivity contribution in [3.8, 4) is 0 Å². The van der Waals surface area contributed by atoms with E-state index < -0.39 is 54.1 Å². The van der Waals surface area contributed by atoms with Crippen LogP contribution in [0, 0.1) is 0 Å². The fourth-order valence-electron chi connectivity index (χ4n) is 1.31. The van der Waals surface area contributed by atoms with Crippen LogP contribution in [0.1, 0.15) is 26.2 Å². The van der Waals surface area contributed by atoms with Crippen LogP contribution < -0.4 is 16.4 Å². The number of carbonyl (C=O) groups is 6. The molecule has 0 heterocycles. The number of nitrogens with one attached hydrogen (secondary N) is 2.